The summed E-state index contributed by atoms with van der Waals surface area (Å²) in [7, 11) is 1.72. The highest BCUT2D eigenvalue weighted by molar-refractivity contribution is 5.99. The molecule has 4 aliphatic heterocycles. The van der Waals surface area contributed by atoms with Crippen LogP contribution >= 0.6 is 0 Å². The first-order chi connectivity index (χ1) is 24.7. The number of likely N-dealkylation sites (N-methyl/N-ethyl adjacent to an activating group) is 1. The summed E-state index contributed by atoms with van der Waals surface area (Å²) in [5, 5.41) is 10.9. The minimum absolute atomic E-state index is 0.0332. The number of amides is 3. The van der Waals surface area contributed by atoms with Crippen LogP contribution in [0.4, 0.5) is 0 Å². The Bertz CT molecular complexity index is 1660. The predicted octanol–water partition coefficient (Wildman–Crippen LogP) is 4.38. The van der Waals surface area contributed by atoms with E-state index in [1.54, 1.807) is 22.9 Å². The lowest BCUT2D eigenvalue weighted by Crippen LogP contribution is -2.60. The summed E-state index contributed by atoms with van der Waals surface area (Å²) in [6.45, 7) is 1.86. The molecule has 7 rings (SSSR count). The van der Waals surface area contributed by atoms with Gasteiger partial charge in [0.1, 0.15) is 23.7 Å². The fraction of sp³-hybridized carbons (Fsp3) is 0.512. The molecule has 51 heavy (non-hydrogen) atoms. The van der Waals surface area contributed by atoms with Crippen LogP contribution in [0, 0.1) is 11.8 Å². The Labute approximate surface area is 300 Å². The number of carbonyl (C=O) groups excluding carboxylic acids is 4. The second kappa shape index (κ2) is 14.8. The van der Waals surface area contributed by atoms with Crippen molar-refractivity contribution in [1.29, 1.82) is 0 Å². The van der Waals surface area contributed by atoms with Gasteiger partial charge in [-0.1, -0.05) is 104 Å². The van der Waals surface area contributed by atoms with Crippen molar-refractivity contribution in [2.75, 3.05) is 20.2 Å². The molecule has 5 aliphatic rings. The van der Waals surface area contributed by atoms with Gasteiger partial charge in [-0.05, 0) is 43.7 Å². The van der Waals surface area contributed by atoms with Crippen molar-refractivity contribution in [3.05, 3.63) is 96.1 Å². The van der Waals surface area contributed by atoms with Crippen LogP contribution in [-0.2, 0) is 35.1 Å². The van der Waals surface area contributed by atoms with Gasteiger partial charge in [0.15, 0.2) is 0 Å². The summed E-state index contributed by atoms with van der Waals surface area (Å²) in [6.07, 6.45) is 11.6. The maximum absolute atomic E-state index is 15.1. The molecule has 2 aromatic carbocycles. The minimum atomic E-state index is -1.47. The number of hydrogen-bond acceptors (Lipinski definition) is 7. The maximum Gasteiger partial charge on any atom is 0.313 e. The van der Waals surface area contributed by atoms with E-state index in [4.69, 9.17) is 9.47 Å². The van der Waals surface area contributed by atoms with Gasteiger partial charge in [-0.25, -0.2) is 0 Å². The summed E-state index contributed by atoms with van der Waals surface area (Å²) in [5.41, 5.74) is 0.173. The van der Waals surface area contributed by atoms with Gasteiger partial charge < -0.3 is 29.3 Å². The third-order valence-corrected chi connectivity index (χ3v) is 11.8. The van der Waals surface area contributed by atoms with Crippen molar-refractivity contribution in [3.8, 4) is 0 Å². The standard InChI is InChI=1S/C41H49N3O7/c1-27-36(29-17-8-4-9-18-29)50-40(49)34-32(21-12-13-22-33(46)42(27)2)51-41-23-14-24-43(30-19-10-5-11-20-30)39(48)37(41)44(38(47)35(34)41)31(26-45)25-28-15-6-3-7-16-28/h3-4,6-9,12,14-18,21,23,27,30-32,34-37,45H,5,10-11,13,19-20,22,24-26H2,1-2H3/b21-12-/t27-,31+,32-,34+,35+,36+,37-,41+/m0/s1. The molecule has 4 heterocycles. The lowest BCUT2D eigenvalue weighted by atomic mass is 9.77. The van der Waals surface area contributed by atoms with E-state index >= 15 is 9.59 Å². The number of likely N-dealkylation sites (tertiary alicyclic amines) is 1. The third-order valence-electron chi connectivity index (χ3n) is 11.8. The highest BCUT2D eigenvalue weighted by atomic mass is 16.6. The molecule has 3 amide bonds. The molecule has 0 radical (unpaired) electrons. The molecule has 0 bridgehead atoms. The van der Waals surface area contributed by atoms with Crippen molar-refractivity contribution in [2.45, 2.75) is 100 Å². The molecule has 1 saturated carbocycles. The van der Waals surface area contributed by atoms with Gasteiger partial charge in [-0.2, -0.15) is 0 Å². The Morgan fingerprint density at radius 3 is 2.33 bits per heavy atom. The Morgan fingerprint density at radius 2 is 1.63 bits per heavy atom. The topological polar surface area (TPSA) is 117 Å². The van der Waals surface area contributed by atoms with Crippen LogP contribution < -0.4 is 0 Å². The second-order valence-corrected chi connectivity index (χ2v) is 14.8. The van der Waals surface area contributed by atoms with E-state index in [2.05, 4.69) is 0 Å². The normalized spacial score (nSPS) is 33.0. The number of aliphatic hydroxyl groups is 1. The molecule has 8 atom stereocenters. The average Bonchev–Trinajstić information content (AvgIpc) is 3.55. The summed E-state index contributed by atoms with van der Waals surface area (Å²) in [6, 6.07) is 16.7. The number of allylic oxidation sites excluding steroid dienone is 1. The number of carbonyl (C=O) groups is 4. The quantitative estimate of drug-likeness (QED) is 0.352. The largest absolute Gasteiger partial charge is 0.455 e. The van der Waals surface area contributed by atoms with Crippen molar-refractivity contribution in [1.82, 2.24) is 14.7 Å². The van der Waals surface area contributed by atoms with Gasteiger partial charge >= 0.3 is 5.97 Å². The molecule has 1 N–H and O–H groups in total. The summed E-state index contributed by atoms with van der Waals surface area (Å²) in [5.74, 6) is -3.47. The molecule has 1 spiro atoms. The van der Waals surface area contributed by atoms with Crippen LogP contribution in [0.1, 0.15) is 69.1 Å². The molecule has 0 unspecified atom stereocenters. The molecule has 1 aliphatic carbocycles. The third kappa shape index (κ3) is 6.41. The summed E-state index contributed by atoms with van der Waals surface area (Å²) in [4.78, 5) is 63.1. The zero-order valence-corrected chi connectivity index (χ0v) is 29.5. The fourth-order valence-corrected chi connectivity index (χ4v) is 9.10. The Morgan fingerprint density at radius 1 is 0.922 bits per heavy atom. The number of rotatable bonds is 6. The summed E-state index contributed by atoms with van der Waals surface area (Å²) < 4.78 is 13.3. The van der Waals surface area contributed by atoms with Crippen LogP contribution in [0.5, 0.6) is 0 Å². The lowest BCUT2D eigenvalue weighted by molar-refractivity contribution is -0.164. The zero-order valence-electron chi connectivity index (χ0n) is 29.5. The van der Waals surface area contributed by atoms with E-state index < -0.39 is 59.6 Å². The number of nitrogens with zero attached hydrogens (tertiary/aromatic N) is 3. The van der Waals surface area contributed by atoms with Crippen molar-refractivity contribution >= 4 is 23.7 Å². The van der Waals surface area contributed by atoms with Crippen molar-refractivity contribution in [2.24, 2.45) is 11.8 Å². The van der Waals surface area contributed by atoms with Crippen molar-refractivity contribution < 1.29 is 33.8 Å². The predicted molar refractivity (Wildman–Crippen MR) is 190 cm³/mol. The van der Waals surface area contributed by atoms with Crippen LogP contribution in [-0.4, -0.2) is 99.6 Å². The smallest absolute Gasteiger partial charge is 0.313 e. The van der Waals surface area contributed by atoms with E-state index in [1.165, 1.54) is 0 Å². The highest BCUT2D eigenvalue weighted by Crippen LogP contribution is 2.54. The Kier molecular flexibility index (Phi) is 10.2. The number of ether oxygens (including phenoxy) is 2. The minimum Gasteiger partial charge on any atom is -0.455 e. The van der Waals surface area contributed by atoms with Gasteiger partial charge in [0.2, 0.25) is 17.7 Å². The van der Waals surface area contributed by atoms with E-state index in [0.29, 0.717) is 19.4 Å². The second-order valence-electron chi connectivity index (χ2n) is 14.8. The first-order valence-corrected chi connectivity index (χ1v) is 18.6. The SMILES string of the molecule is C[C@H]1[C@H](c2ccccc2)OC(=O)[C@@H]2[C@H](/C=C\CCC(=O)N1C)O[C@@]13C=CCN(C4CCCCC4)C(=O)[C@@H]1N([C@@H](CO)Cc1ccccc1)C(=O)[C@@H]23. The molecule has 270 valence electrons. The molecular formula is C41H49N3O7. The maximum atomic E-state index is 15.1. The average molecular weight is 696 g/mol. The lowest BCUT2D eigenvalue weighted by Gasteiger charge is -2.41. The van der Waals surface area contributed by atoms with Gasteiger partial charge in [0.05, 0.1) is 30.7 Å². The number of cyclic esters (lactones) is 1. The van der Waals surface area contributed by atoms with Crippen LogP contribution in [0.2, 0.25) is 0 Å². The number of esters is 1. The Hall–Kier alpha value is -4.28. The van der Waals surface area contributed by atoms with Gasteiger partial charge in [0, 0.05) is 26.1 Å². The van der Waals surface area contributed by atoms with Gasteiger partial charge in [0.25, 0.3) is 0 Å². The van der Waals surface area contributed by atoms with E-state index in [-0.39, 0.29) is 30.9 Å². The van der Waals surface area contributed by atoms with Gasteiger partial charge in [-0.3, -0.25) is 19.2 Å². The number of benzene rings is 2. The molecule has 3 fully saturated rings. The molecule has 2 saturated heterocycles. The van der Waals surface area contributed by atoms with E-state index in [9.17, 15) is 14.7 Å². The molecule has 2 aromatic rings. The highest BCUT2D eigenvalue weighted by Gasteiger charge is 2.72. The number of aliphatic hydroxyl groups excluding tert-OH is 1. The van der Waals surface area contributed by atoms with E-state index in [1.807, 2.05) is 90.7 Å². The van der Waals surface area contributed by atoms with Crippen LogP contribution in [0.15, 0.2) is 85.0 Å². The molecule has 0 aromatic heterocycles. The van der Waals surface area contributed by atoms with Crippen LogP contribution in [0.25, 0.3) is 0 Å². The molecule has 10 heteroatoms. The fourth-order valence-electron chi connectivity index (χ4n) is 9.10. The zero-order chi connectivity index (χ0) is 35.7. The molecule has 10 nitrogen and oxygen atoms in total. The first-order valence-electron chi connectivity index (χ1n) is 18.6. The van der Waals surface area contributed by atoms with Crippen molar-refractivity contribution in [3.63, 3.8) is 0 Å². The monoisotopic (exact) mass is 695 g/mol. The molecular weight excluding hydrogens is 646 g/mol. The summed E-state index contributed by atoms with van der Waals surface area (Å²) >= 11 is 0. The van der Waals surface area contributed by atoms with Gasteiger partial charge in [-0.15, -0.1) is 0 Å². The Balaban J connectivity index is 1.33. The number of fused-ring (bicyclic) bond motifs is 2. The van der Waals surface area contributed by atoms with Crippen LogP contribution in [0.3, 0.4) is 0 Å². The van der Waals surface area contributed by atoms with E-state index in [0.717, 1.165) is 43.2 Å². The number of hydrogen-bond donors (Lipinski definition) is 1. The first kappa shape index (κ1) is 35.1.